The topological polar surface area (TPSA) is 117 Å². The third-order valence-electron chi connectivity index (χ3n) is 4.36. The largest absolute Gasteiger partial charge is 0.419 e. The molecule has 4 aromatic rings. The molecule has 154 valence electrons. The first-order chi connectivity index (χ1) is 14.5. The fourth-order valence-corrected chi connectivity index (χ4v) is 3.63. The number of hydrogen-bond acceptors (Lipinski definition) is 8. The summed E-state index contributed by atoms with van der Waals surface area (Å²) < 4.78 is 25.7. The van der Waals surface area contributed by atoms with Crippen molar-refractivity contribution in [3.8, 4) is 0 Å². The molecular formula is C19H15FN4O5S. The van der Waals surface area contributed by atoms with E-state index in [-0.39, 0.29) is 17.9 Å². The molecule has 0 fully saturated rings. The Kier molecular flexibility index (Phi) is 5.61. The molecule has 9 nitrogen and oxygen atoms in total. The van der Waals surface area contributed by atoms with E-state index < -0.39 is 10.7 Å². The van der Waals surface area contributed by atoms with Gasteiger partial charge in [-0.3, -0.25) is 14.7 Å². The number of nitrogens with zero attached hydrogens (tertiary/aromatic N) is 4. The van der Waals surface area contributed by atoms with Gasteiger partial charge in [-0.1, -0.05) is 30.0 Å². The number of rotatable bonds is 8. The predicted molar refractivity (Wildman–Crippen MR) is 106 cm³/mol. The third-order valence-corrected chi connectivity index (χ3v) is 5.27. The summed E-state index contributed by atoms with van der Waals surface area (Å²) in [6.07, 6.45) is 0.766. The number of benzene rings is 2. The highest BCUT2D eigenvalue weighted by Gasteiger charge is 2.15. The summed E-state index contributed by atoms with van der Waals surface area (Å²) in [7, 11) is 0. The number of aryl methyl sites for hydroxylation is 1. The van der Waals surface area contributed by atoms with Gasteiger partial charge in [0.1, 0.15) is 5.82 Å². The number of oxazole rings is 1. The van der Waals surface area contributed by atoms with Crippen molar-refractivity contribution >= 4 is 28.5 Å². The number of halogens is 1. The van der Waals surface area contributed by atoms with Crippen LogP contribution < -0.4 is 5.76 Å². The van der Waals surface area contributed by atoms with E-state index >= 15 is 0 Å². The number of nitro benzene ring substituents is 1. The molecule has 2 aromatic carbocycles. The van der Waals surface area contributed by atoms with Gasteiger partial charge in [0.2, 0.25) is 5.89 Å². The molecule has 0 aliphatic carbocycles. The van der Waals surface area contributed by atoms with Crippen molar-refractivity contribution in [3.05, 3.63) is 80.4 Å². The first-order valence-electron chi connectivity index (χ1n) is 8.97. The highest BCUT2D eigenvalue weighted by molar-refractivity contribution is 7.99. The van der Waals surface area contributed by atoms with Gasteiger partial charge in [0, 0.05) is 24.4 Å². The zero-order valence-electron chi connectivity index (χ0n) is 15.5. The first kappa shape index (κ1) is 19.8. The molecule has 0 N–H and O–H groups in total. The van der Waals surface area contributed by atoms with Crippen molar-refractivity contribution < 1.29 is 18.1 Å². The molecule has 2 aromatic heterocycles. The van der Waals surface area contributed by atoms with Gasteiger partial charge in [0.25, 0.3) is 10.9 Å². The summed E-state index contributed by atoms with van der Waals surface area (Å²) in [5, 5.41) is 19.2. The van der Waals surface area contributed by atoms with Crippen molar-refractivity contribution in [2.45, 2.75) is 24.6 Å². The van der Waals surface area contributed by atoms with Gasteiger partial charge in [-0.15, -0.1) is 10.2 Å². The molecule has 11 heteroatoms. The maximum Gasteiger partial charge on any atom is 0.419 e. The maximum absolute atomic E-state index is 13.7. The van der Waals surface area contributed by atoms with Crippen LogP contribution in [0.25, 0.3) is 11.1 Å². The average molecular weight is 430 g/mol. The molecule has 0 aliphatic heterocycles. The highest BCUT2D eigenvalue weighted by atomic mass is 32.2. The van der Waals surface area contributed by atoms with Crippen molar-refractivity contribution in [1.29, 1.82) is 0 Å². The molecule has 30 heavy (non-hydrogen) atoms. The molecule has 0 radical (unpaired) electrons. The highest BCUT2D eigenvalue weighted by Crippen LogP contribution is 2.22. The van der Waals surface area contributed by atoms with Crippen LogP contribution in [0.4, 0.5) is 10.1 Å². The van der Waals surface area contributed by atoms with Gasteiger partial charge in [0.05, 0.1) is 16.9 Å². The Hall–Kier alpha value is -3.47. The van der Waals surface area contributed by atoms with Crippen LogP contribution in [0.15, 0.2) is 61.3 Å². The van der Waals surface area contributed by atoms with Crippen molar-refractivity contribution in [2.24, 2.45) is 0 Å². The van der Waals surface area contributed by atoms with Gasteiger partial charge in [-0.2, -0.15) is 0 Å². The van der Waals surface area contributed by atoms with E-state index in [1.54, 1.807) is 18.2 Å². The minimum atomic E-state index is -0.569. The third kappa shape index (κ3) is 4.25. The van der Waals surface area contributed by atoms with Crippen LogP contribution in [-0.4, -0.2) is 25.4 Å². The van der Waals surface area contributed by atoms with Crippen molar-refractivity contribution in [3.63, 3.8) is 0 Å². The average Bonchev–Trinajstić information content (AvgIpc) is 3.30. The molecular weight excluding hydrogens is 415 g/mol. The van der Waals surface area contributed by atoms with E-state index in [1.807, 2.05) is 0 Å². The minimum Gasteiger partial charge on any atom is -0.416 e. The minimum absolute atomic E-state index is 0.111. The van der Waals surface area contributed by atoms with Gasteiger partial charge in [0.15, 0.2) is 5.58 Å². The molecule has 0 bridgehead atoms. The molecule has 0 saturated heterocycles. The van der Waals surface area contributed by atoms with Gasteiger partial charge in [-0.05, 0) is 24.1 Å². The van der Waals surface area contributed by atoms with Crippen LogP contribution in [0.5, 0.6) is 0 Å². The number of thioether (sulfide) groups is 1. The lowest BCUT2D eigenvalue weighted by atomic mass is 10.1. The van der Waals surface area contributed by atoms with Crippen molar-refractivity contribution in [1.82, 2.24) is 14.8 Å². The quantitative estimate of drug-likeness (QED) is 0.179. The lowest BCUT2D eigenvalue weighted by Gasteiger charge is -2.01. The standard InChI is InChI=1S/C19H15FN4O5S/c20-14-5-2-1-4-12(14)10-17-21-22-18(29-17)30-9-3-8-23-15-11-13(24(26)27)6-7-16(15)28-19(23)25/h1-2,4-7,11H,3,8-10H2. The molecule has 4 rings (SSSR count). The number of fused-ring (bicyclic) bond motifs is 1. The van der Waals surface area contributed by atoms with E-state index in [4.69, 9.17) is 8.83 Å². The van der Waals surface area contributed by atoms with Crippen LogP contribution >= 0.6 is 11.8 Å². The van der Waals surface area contributed by atoms with Crippen LogP contribution in [-0.2, 0) is 13.0 Å². The lowest BCUT2D eigenvalue weighted by Crippen LogP contribution is -2.14. The summed E-state index contributed by atoms with van der Waals surface area (Å²) in [6, 6.07) is 10.4. The normalized spacial score (nSPS) is 11.2. The Balaban J connectivity index is 1.36. The number of nitro groups is 1. The molecule has 0 saturated carbocycles. The number of aromatic nitrogens is 3. The Bertz CT molecular complexity index is 1270. The summed E-state index contributed by atoms with van der Waals surface area (Å²) in [4.78, 5) is 22.5. The van der Waals surface area contributed by atoms with Crippen molar-refractivity contribution in [2.75, 3.05) is 5.75 Å². The fourth-order valence-electron chi connectivity index (χ4n) is 2.93. The van der Waals surface area contributed by atoms with E-state index in [0.717, 1.165) is 0 Å². The van der Waals surface area contributed by atoms with E-state index in [9.17, 15) is 19.3 Å². The molecule has 0 atom stereocenters. The summed E-state index contributed by atoms with van der Waals surface area (Å²) in [5.74, 6) is -0.0228. The zero-order chi connectivity index (χ0) is 21.1. The molecule has 0 unspecified atom stereocenters. The van der Waals surface area contributed by atoms with Crippen LogP contribution in [0.1, 0.15) is 17.9 Å². The second-order valence-electron chi connectivity index (χ2n) is 6.36. The Labute approximate surface area is 172 Å². The summed E-state index contributed by atoms with van der Waals surface area (Å²) in [6.45, 7) is 0.316. The van der Waals surface area contributed by atoms with Crippen LogP contribution in [0, 0.1) is 15.9 Å². The molecule has 2 heterocycles. The Morgan fingerprint density at radius 1 is 1.17 bits per heavy atom. The summed E-state index contributed by atoms with van der Waals surface area (Å²) in [5.41, 5.74) is 1.04. The van der Waals surface area contributed by atoms with Crippen LogP contribution in [0.2, 0.25) is 0 Å². The second kappa shape index (κ2) is 8.49. The Morgan fingerprint density at radius 3 is 2.80 bits per heavy atom. The van der Waals surface area contributed by atoms with Gasteiger partial charge in [-0.25, -0.2) is 9.18 Å². The Morgan fingerprint density at radius 2 is 2.00 bits per heavy atom. The molecule has 0 aliphatic rings. The smallest absolute Gasteiger partial charge is 0.416 e. The first-order valence-corrected chi connectivity index (χ1v) is 9.96. The van der Waals surface area contributed by atoms with Crippen LogP contribution in [0.3, 0.4) is 0 Å². The van der Waals surface area contributed by atoms with Gasteiger partial charge >= 0.3 is 5.76 Å². The van der Waals surface area contributed by atoms with Gasteiger partial charge < -0.3 is 8.83 Å². The lowest BCUT2D eigenvalue weighted by molar-refractivity contribution is -0.384. The van der Waals surface area contributed by atoms with E-state index in [1.165, 1.54) is 40.6 Å². The van der Waals surface area contributed by atoms with E-state index in [0.29, 0.717) is 46.5 Å². The van der Waals surface area contributed by atoms with E-state index in [2.05, 4.69) is 10.2 Å². The monoisotopic (exact) mass is 430 g/mol. The summed E-state index contributed by atoms with van der Waals surface area (Å²) >= 11 is 1.31. The zero-order valence-corrected chi connectivity index (χ0v) is 16.3. The fraction of sp³-hybridized carbons (Fsp3) is 0.211. The number of non-ortho nitro benzene ring substituents is 1. The molecule has 0 amide bonds. The molecule has 0 spiro atoms. The maximum atomic E-state index is 13.7. The predicted octanol–water partition coefficient (Wildman–Crippen LogP) is 3.80. The SMILES string of the molecule is O=c1oc2ccc([N+](=O)[O-])cc2n1CCCSc1nnc(Cc2ccccc2F)o1. The number of hydrogen-bond donors (Lipinski definition) is 0. The second-order valence-corrected chi connectivity index (χ2v) is 7.41.